The van der Waals surface area contributed by atoms with E-state index >= 15 is 0 Å². The van der Waals surface area contributed by atoms with Gasteiger partial charge in [-0.1, -0.05) is 12.1 Å². The lowest BCUT2D eigenvalue weighted by atomic mass is 10.0. The van der Waals surface area contributed by atoms with E-state index in [1.807, 2.05) is 0 Å². The van der Waals surface area contributed by atoms with Crippen molar-refractivity contribution >= 4 is 5.78 Å². The average molecular weight is 266 g/mol. The number of carbonyl (C=O) groups excluding carboxylic acids is 1. The third-order valence-electron chi connectivity index (χ3n) is 3.24. The number of rotatable bonds is 5. The summed E-state index contributed by atoms with van der Waals surface area (Å²) in [6.45, 7) is 3.85. The second-order valence-corrected chi connectivity index (χ2v) is 4.66. The minimum Gasteiger partial charge on any atom is -0.379 e. The molecule has 1 heterocycles. The summed E-state index contributed by atoms with van der Waals surface area (Å²) in [4.78, 5) is 13.8. The van der Waals surface area contributed by atoms with Crippen LogP contribution in [-0.4, -0.2) is 43.5 Å². The Balaban J connectivity index is 2.04. The lowest BCUT2D eigenvalue weighted by Crippen LogP contribution is -2.35. The number of ether oxygens (including phenoxy) is 1. The van der Waals surface area contributed by atoms with Crippen molar-refractivity contribution in [2.45, 2.75) is 13.0 Å². The van der Waals surface area contributed by atoms with Gasteiger partial charge in [0.25, 0.3) is 0 Å². The number of ketones is 1. The summed E-state index contributed by atoms with van der Waals surface area (Å²) in [6.07, 6.45) is 0.252. The van der Waals surface area contributed by atoms with Crippen molar-refractivity contribution in [2.24, 2.45) is 5.73 Å². The molecule has 0 atom stereocenters. The summed E-state index contributed by atoms with van der Waals surface area (Å²) < 4.78 is 19.2. The molecule has 1 aromatic rings. The summed E-state index contributed by atoms with van der Waals surface area (Å²) in [5.41, 5.74) is 6.34. The maximum Gasteiger partial charge on any atom is 0.164 e. The number of benzene rings is 1. The monoisotopic (exact) mass is 266 g/mol. The summed E-state index contributed by atoms with van der Waals surface area (Å²) in [6, 6.07) is 4.68. The van der Waals surface area contributed by atoms with Crippen LogP contribution < -0.4 is 5.73 Å². The number of halogens is 1. The maximum absolute atomic E-state index is 14.0. The minimum atomic E-state index is -0.325. The van der Waals surface area contributed by atoms with E-state index in [4.69, 9.17) is 10.5 Å². The predicted molar refractivity (Wildman–Crippen MR) is 70.5 cm³/mol. The van der Waals surface area contributed by atoms with Gasteiger partial charge >= 0.3 is 0 Å². The van der Waals surface area contributed by atoms with Gasteiger partial charge in [0, 0.05) is 37.2 Å². The van der Waals surface area contributed by atoms with Crippen LogP contribution in [0.4, 0.5) is 4.39 Å². The number of carbonyl (C=O) groups is 1. The highest BCUT2D eigenvalue weighted by molar-refractivity contribution is 5.96. The second kappa shape index (κ2) is 6.75. The molecule has 0 bridgehead atoms. The quantitative estimate of drug-likeness (QED) is 0.813. The van der Waals surface area contributed by atoms with Gasteiger partial charge in [-0.05, 0) is 12.6 Å². The van der Waals surface area contributed by atoms with Gasteiger partial charge in [0.2, 0.25) is 0 Å². The molecular weight excluding hydrogens is 247 g/mol. The highest BCUT2D eigenvalue weighted by atomic mass is 19.1. The van der Waals surface area contributed by atoms with Gasteiger partial charge in [-0.15, -0.1) is 0 Å². The van der Waals surface area contributed by atoms with Crippen molar-refractivity contribution in [1.29, 1.82) is 0 Å². The molecule has 0 unspecified atom stereocenters. The molecule has 0 spiro atoms. The fraction of sp³-hybridized carbons (Fsp3) is 0.500. The smallest absolute Gasteiger partial charge is 0.164 e. The lowest BCUT2D eigenvalue weighted by Gasteiger charge is -2.26. The minimum absolute atomic E-state index is 0.112. The predicted octanol–water partition coefficient (Wildman–Crippen LogP) is 1.19. The van der Waals surface area contributed by atoms with Gasteiger partial charge in [0.05, 0.1) is 13.2 Å². The van der Waals surface area contributed by atoms with E-state index in [-0.39, 0.29) is 24.6 Å². The van der Waals surface area contributed by atoms with Crippen LogP contribution in [-0.2, 0) is 11.3 Å². The first kappa shape index (κ1) is 14.1. The topological polar surface area (TPSA) is 55.6 Å². The Morgan fingerprint density at radius 3 is 2.74 bits per heavy atom. The number of hydrogen-bond acceptors (Lipinski definition) is 4. The first-order valence-electron chi connectivity index (χ1n) is 6.52. The van der Waals surface area contributed by atoms with Crippen molar-refractivity contribution in [1.82, 2.24) is 4.90 Å². The van der Waals surface area contributed by atoms with E-state index in [1.54, 1.807) is 12.1 Å². The zero-order valence-electron chi connectivity index (χ0n) is 10.9. The van der Waals surface area contributed by atoms with E-state index in [2.05, 4.69) is 4.90 Å². The van der Waals surface area contributed by atoms with E-state index in [1.165, 1.54) is 6.07 Å². The van der Waals surface area contributed by atoms with Crippen LogP contribution in [0.25, 0.3) is 0 Å². The van der Waals surface area contributed by atoms with Gasteiger partial charge in [-0.3, -0.25) is 9.69 Å². The molecule has 1 aliphatic heterocycles. The number of nitrogens with two attached hydrogens (primary N) is 1. The molecule has 1 aliphatic rings. The first-order chi connectivity index (χ1) is 9.20. The summed E-state index contributed by atoms with van der Waals surface area (Å²) in [7, 11) is 0. The van der Waals surface area contributed by atoms with Crippen molar-refractivity contribution in [3.05, 3.63) is 35.1 Å². The molecule has 0 saturated carbocycles. The van der Waals surface area contributed by atoms with Crippen molar-refractivity contribution in [2.75, 3.05) is 32.8 Å². The third kappa shape index (κ3) is 3.83. The lowest BCUT2D eigenvalue weighted by molar-refractivity contribution is 0.0337. The summed E-state index contributed by atoms with van der Waals surface area (Å²) >= 11 is 0. The third-order valence-corrected chi connectivity index (χ3v) is 3.24. The molecule has 2 rings (SSSR count). The molecule has 0 aromatic heterocycles. The fourth-order valence-electron chi connectivity index (χ4n) is 2.12. The Morgan fingerprint density at radius 2 is 2.11 bits per heavy atom. The molecular formula is C14H19FN2O2. The van der Waals surface area contributed by atoms with Crippen LogP contribution in [0.15, 0.2) is 18.2 Å². The number of nitrogens with zero attached hydrogens (tertiary/aromatic N) is 1. The number of hydrogen-bond donors (Lipinski definition) is 1. The highest BCUT2D eigenvalue weighted by Crippen LogP contribution is 2.15. The van der Waals surface area contributed by atoms with Crippen LogP contribution in [0.5, 0.6) is 0 Å². The Labute approximate surface area is 112 Å². The zero-order chi connectivity index (χ0) is 13.7. The Morgan fingerprint density at radius 1 is 1.37 bits per heavy atom. The number of morpholine rings is 1. The average Bonchev–Trinajstić information content (AvgIpc) is 2.42. The standard InChI is InChI=1S/C14H19FN2O2/c15-13-9-11(14(18)3-4-16)1-2-12(13)10-17-5-7-19-8-6-17/h1-2,9H,3-8,10,16H2. The van der Waals surface area contributed by atoms with E-state index in [0.717, 1.165) is 13.1 Å². The van der Waals surface area contributed by atoms with Crippen molar-refractivity contribution in [3.8, 4) is 0 Å². The number of Topliss-reactive ketones (excluding diaryl/α,β-unsaturated/α-hetero) is 1. The highest BCUT2D eigenvalue weighted by Gasteiger charge is 2.14. The van der Waals surface area contributed by atoms with E-state index < -0.39 is 0 Å². The van der Waals surface area contributed by atoms with Crippen LogP contribution in [0, 0.1) is 5.82 Å². The second-order valence-electron chi connectivity index (χ2n) is 4.66. The Hall–Kier alpha value is -1.30. The van der Waals surface area contributed by atoms with Crippen LogP contribution in [0.3, 0.4) is 0 Å². The molecule has 1 saturated heterocycles. The molecule has 4 nitrogen and oxygen atoms in total. The Bertz CT molecular complexity index is 445. The van der Waals surface area contributed by atoms with E-state index in [9.17, 15) is 9.18 Å². The van der Waals surface area contributed by atoms with Gasteiger partial charge in [0.1, 0.15) is 5.82 Å². The zero-order valence-corrected chi connectivity index (χ0v) is 10.9. The normalized spacial score (nSPS) is 16.5. The molecule has 1 fully saturated rings. The fourth-order valence-corrected chi connectivity index (χ4v) is 2.12. The van der Waals surface area contributed by atoms with Gasteiger partial charge in [-0.2, -0.15) is 0 Å². The molecule has 104 valence electrons. The van der Waals surface area contributed by atoms with Crippen LogP contribution in [0.1, 0.15) is 22.3 Å². The molecule has 0 aliphatic carbocycles. The van der Waals surface area contributed by atoms with E-state index in [0.29, 0.717) is 30.9 Å². The largest absolute Gasteiger partial charge is 0.379 e. The molecule has 2 N–H and O–H groups in total. The Kier molecular flexibility index (Phi) is 5.01. The van der Waals surface area contributed by atoms with Crippen LogP contribution in [0.2, 0.25) is 0 Å². The SMILES string of the molecule is NCCC(=O)c1ccc(CN2CCOCC2)c(F)c1. The molecule has 19 heavy (non-hydrogen) atoms. The van der Waals surface area contributed by atoms with Crippen molar-refractivity contribution < 1.29 is 13.9 Å². The maximum atomic E-state index is 14.0. The molecule has 0 amide bonds. The van der Waals surface area contributed by atoms with Gasteiger partial charge in [0.15, 0.2) is 5.78 Å². The van der Waals surface area contributed by atoms with Crippen molar-refractivity contribution in [3.63, 3.8) is 0 Å². The molecule has 5 heteroatoms. The van der Waals surface area contributed by atoms with Gasteiger partial charge < -0.3 is 10.5 Å². The molecule has 0 radical (unpaired) electrons. The van der Waals surface area contributed by atoms with Crippen LogP contribution >= 0.6 is 0 Å². The first-order valence-corrected chi connectivity index (χ1v) is 6.52. The molecule has 1 aromatic carbocycles. The van der Waals surface area contributed by atoms with Gasteiger partial charge in [-0.25, -0.2) is 4.39 Å². The summed E-state index contributed by atoms with van der Waals surface area (Å²) in [5, 5.41) is 0. The summed E-state index contributed by atoms with van der Waals surface area (Å²) in [5.74, 6) is -0.436.